The van der Waals surface area contributed by atoms with E-state index in [1.54, 1.807) is 0 Å². The van der Waals surface area contributed by atoms with Crippen LogP contribution in [0.3, 0.4) is 0 Å². The SMILES string of the molecule is OC[C@H]1O[C@H](O[C@H]2[C@@H](O)[C@@H](CO)O[C@@H](O[C@@H]3[C@H](O)[C@@H](O)[C@H](O)O[C@@H]3CO)[C@@H]2O)[C@H](O)[C@@H](O)[C@H]1O. The maximum Gasteiger partial charge on any atom is 0.187 e. The zero-order chi connectivity index (χ0) is 25.3. The van der Waals surface area contributed by atoms with Crippen molar-refractivity contribution < 1.29 is 79.9 Å². The number of rotatable bonds is 7. The molecule has 3 heterocycles. The third-order valence-electron chi connectivity index (χ3n) is 6.09. The summed E-state index contributed by atoms with van der Waals surface area (Å²) in [5.41, 5.74) is 0. The topological polar surface area (TPSA) is 269 Å². The maximum atomic E-state index is 10.8. The average Bonchev–Trinajstić information content (AvgIpc) is 2.83. The molecule has 3 aliphatic heterocycles. The first-order valence-electron chi connectivity index (χ1n) is 10.6. The minimum Gasteiger partial charge on any atom is -0.394 e. The molecule has 0 aromatic carbocycles. The maximum absolute atomic E-state index is 10.8. The summed E-state index contributed by atoms with van der Waals surface area (Å²) in [5, 5.41) is 109. The van der Waals surface area contributed by atoms with E-state index in [1.165, 1.54) is 0 Å². The number of hydrogen-bond acceptors (Lipinski definition) is 16. The average molecular weight is 504 g/mol. The van der Waals surface area contributed by atoms with Gasteiger partial charge in [-0.15, -0.1) is 0 Å². The van der Waals surface area contributed by atoms with Crippen LogP contribution in [0.4, 0.5) is 0 Å². The predicted octanol–water partition coefficient (Wildman–Crippen LogP) is -7.57. The van der Waals surface area contributed by atoms with Crippen LogP contribution in [-0.4, -0.2) is 168 Å². The molecule has 3 aliphatic rings. The second kappa shape index (κ2) is 11.6. The second-order valence-corrected chi connectivity index (χ2v) is 8.33. The minimum absolute atomic E-state index is 0.759. The molecule has 0 saturated carbocycles. The third kappa shape index (κ3) is 5.37. The van der Waals surface area contributed by atoms with Gasteiger partial charge in [0.2, 0.25) is 0 Å². The van der Waals surface area contributed by atoms with Crippen LogP contribution >= 0.6 is 0 Å². The van der Waals surface area contributed by atoms with Crippen LogP contribution in [0, 0.1) is 0 Å². The summed E-state index contributed by atoms with van der Waals surface area (Å²) in [6, 6.07) is 0. The highest BCUT2D eigenvalue weighted by atomic mass is 16.7. The standard InChI is InChI=1S/C18H32O16/c19-1-4-7(22)9(24)12(27)17(31-4)34-15-8(23)5(2-20)32-18(13(15)28)33-14-6(3-21)30-16(29)11(26)10(14)25/h4-29H,1-3H2/t4-,5-,6-,7+,8+,9+,10-,11-,12-,13-,14+,15+,16-,17-,18+/m1/s1. The normalized spacial score (nSPS) is 52.5. The van der Waals surface area contributed by atoms with Crippen LogP contribution in [0.25, 0.3) is 0 Å². The minimum atomic E-state index is -1.90. The highest BCUT2D eigenvalue weighted by Crippen LogP contribution is 2.32. The van der Waals surface area contributed by atoms with Crippen molar-refractivity contribution in [3.05, 3.63) is 0 Å². The van der Waals surface area contributed by atoms with E-state index in [0.29, 0.717) is 0 Å². The highest BCUT2D eigenvalue weighted by molar-refractivity contribution is 4.96. The van der Waals surface area contributed by atoms with Gasteiger partial charge < -0.3 is 79.9 Å². The van der Waals surface area contributed by atoms with Gasteiger partial charge in [0.1, 0.15) is 73.2 Å². The summed E-state index contributed by atoms with van der Waals surface area (Å²) in [7, 11) is 0. The molecule has 0 aromatic rings. The molecule has 0 aliphatic carbocycles. The van der Waals surface area contributed by atoms with Gasteiger partial charge in [-0.3, -0.25) is 0 Å². The first kappa shape index (κ1) is 27.9. The molecular weight excluding hydrogens is 472 g/mol. The molecule has 0 unspecified atom stereocenters. The van der Waals surface area contributed by atoms with Gasteiger partial charge in [0.15, 0.2) is 18.9 Å². The van der Waals surface area contributed by atoms with Crippen molar-refractivity contribution >= 4 is 0 Å². The van der Waals surface area contributed by atoms with Crippen LogP contribution in [0.15, 0.2) is 0 Å². The molecule has 0 aromatic heterocycles. The van der Waals surface area contributed by atoms with Crippen LogP contribution in [0.1, 0.15) is 0 Å². The number of aliphatic hydroxyl groups is 11. The van der Waals surface area contributed by atoms with Crippen molar-refractivity contribution in [2.75, 3.05) is 19.8 Å². The molecule has 3 saturated heterocycles. The summed E-state index contributed by atoms with van der Waals surface area (Å²) in [6.07, 6.45) is -25.4. The lowest BCUT2D eigenvalue weighted by atomic mass is 9.96. The largest absolute Gasteiger partial charge is 0.394 e. The lowest BCUT2D eigenvalue weighted by Crippen LogP contribution is -2.66. The zero-order valence-electron chi connectivity index (χ0n) is 17.7. The van der Waals surface area contributed by atoms with Crippen LogP contribution < -0.4 is 0 Å². The molecular formula is C18H32O16. The van der Waals surface area contributed by atoms with Gasteiger partial charge in [-0.25, -0.2) is 0 Å². The summed E-state index contributed by atoms with van der Waals surface area (Å²) in [6.45, 7) is -2.34. The van der Waals surface area contributed by atoms with Gasteiger partial charge in [0, 0.05) is 0 Å². The Labute approximate surface area is 192 Å². The fraction of sp³-hybridized carbons (Fsp3) is 1.00. The van der Waals surface area contributed by atoms with E-state index < -0.39 is 112 Å². The van der Waals surface area contributed by atoms with E-state index >= 15 is 0 Å². The smallest absolute Gasteiger partial charge is 0.187 e. The summed E-state index contributed by atoms with van der Waals surface area (Å²) < 4.78 is 26.4. The van der Waals surface area contributed by atoms with Crippen molar-refractivity contribution in [1.82, 2.24) is 0 Å². The Morgan fingerprint density at radius 1 is 0.441 bits per heavy atom. The first-order chi connectivity index (χ1) is 16.0. The van der Waals surface area contributed by atoms with E-state index in [-0.39, 0.29) is 0 Å². The first-order valence-corrected chi connectivity index (χ1v) is 10.6. The quantitative estimate of drug-likeness (QED) is 0.154. The molecule has 16 heteroatoms. The lowest BCUT2D eigenvalue weighted by Gasteiger charge is -2.47. The number of ether oxygens (including phenoxy) is 5. The van der Waals surface area contributed by atoms with Gasteiger partial charge >= 0.3 is 0 Å². The number of aliphatic hydroxyl groups excluding tert-OH is 11. The van der Waals surface area contributed by atoms with E-state index in [9.17, 15) is 56.2 Å². The van der Waals surface area contributed by atoms with Gasteiger partial charge in [0.25, 0.3) is 0 Å². The van der Waals surface area contributed by atoms with E-state index in [4.69, 9.17) is 23.7 Å². The van der Waals surface area contributed by atoms with Crippen molar-refractivity contribution in [3.8, 4) is 0 Å². The monoisotopic (exact) mass is 504 g/mol. The molecule has 3 rings (SSSR count). The summed E-state index contributed by atoms with van der Waals surface area (Å²) >= 11 is 0. The second-order valence-electron chi connectivity index (χ2n) is 8.33. The Bertz CT molecular complexity index is 637. The van der Waals surface area contributed by atoms with Crippen LogP contribution in [0.2, 0.25) is 0 Å². The van der Waals surface area contributed by atoms with Gasteiger partial charge in [-0.2, -0.15) is 0 Å². The van der Waals surface area contributed by atoms with Crippen LogP contribution in [0.5, 0.6) is 0 Å². The van der Waals surface area contributed by atoms with Crippen molar-refractivity contribution in [2.24, 2.45) is 0 Å². The molecule has 0 radical (unpaired) electrons. The third-order valence-corrected chi connectivity index (χ3v) is 6.09. The Morgan fingerprint density at radius 2 is 0.941 bits per heavy atom. The van der Waals surface area contributed by atoms with Gasteiger partial charge in [0.05, 0.1) is 19.8 Å². The zero-order valence-corrected chi connectivity index (χ0v) is 17.7. The molecule has 34 heavy (non-hydrogen) atoms. The van der Waals surface area contributed by atoms with Crippen LogP contribution in [-0.2, 0) is 23.7 Å². The van der Waals surface area contributed by atoms with Crippen molar-refractivity contribution in [1.29, 1.82) is 0 Å². The Morgan fingerprint density at radius 3 is 1.50 bits per heavy atom. The molecule has 16 nitrogen and oxygen atoms in total. The van der Waals surface area contributed by atoms with E-state index in [0.717, 1.165) is 0 Å². The Balaban J connectivity index is 1.78. The Kier molecular flexibility index (Phi) is 9.54. The lowest BCUT2D eigenvalue weighted by molar-refractivity contribution is -0.378. The highest BCUT2D eigenvalue weighted by Gasteiger charge is 2.53. The fourth-order valence-corrected chi connectivity index (χ4v) is 4.05. The van der Waals surface area contributed by atoms with Gasteiger partial charge in [-0.1, -0.05) is 0 Å². The van der Waals surface area contributed by atoms with Crippen molar-refractivity contribution in [3.63, 3.8) is 0 Å². The molecule has 15 atom stereocenters. The summed E-state index contributed by atoms with van der Waals surface area (Å²) in [5.74, 6) is 0. The van der Waals surface area contributed by atoms with Gasteiger partial charge in [-0.05, 0) is 0 Å². The van der Waals surface area contributed by atoms with Crippen molar-refractivity contribution in [2.45, 2.75) is 92.1 Å². The van der Waals surface area contributed by atoms with E-state index in [2.05, 4.69) is 0 Å². The molecule has 200 valence electrons. The fourth-order valence-electron chi connectivity index (χ4n) is 4.05. The molecule has 0 spiro atoms. The molecule has 11 N–H and O–H groups in total. The summed E-state index contributed by atoms with van der Waals surface area (Å²) in [4.78, 5) is 0. The predicted molar refractivity (Wildman–Crippen MR) is 101 cm³/mol. The molecule has 0 bridgehead atoms. The van der Waals surface area contributed by atoms with E-state index in [1.807, 2.05) is 0 Å². The Hall–Kier alpha value is -0.640. The molecule has 0 amide bonds. The number of hydrogen-bond donors (Lipinski definition) is 11. The molecule has 3 fully saturated rings.